The number of aromatic nitrogens is 1. The summed E-state index contributed by atoms with van der Waals surface area (Å²) in [6, 6.07) is 1.26. The fourth-order valence-corrected chi connectivity index (χ4v) is 2.51. The molecule has 0 radical (unpaired) electrons. The van der Waals surface area contributed by atoms with Crippen LogP contribution >= 0.6 is 11.8 Å². The van der Waals surface area contributed by atoms with Gasteiger partial charge in [0.1, 0.15) is 11.2 Å². The highest BCUT2D eigenvalue weighted by Crippen LogP contribution is 2.25. The van der Waals surface area contributed by atoms with E-state index in [0.717, 1.165) is 12.2 Å². The van der Waals surface area contributed by atoms with Crippen molar-refractivity contribution in [3.8, 4) is 0 Å². The largest absolute Gasteiger partial charge is 0.409 e. The van der Waals surface area contributed by atoms with Crippen molar-refractivity contribution in [1.29, 1.82) is 0 Å². The van der Waals surface area contributed by atoms with Gasteiger partial charge in [-0.25, -0.2) is 4.98 Å². The second-order valence-corrected chi connectivity index (χ2v) is 5.40. The van der Waals surface area contributed by atoms with Gasteiger partial charge in [-0.15, -0.1) is 11.8 Å². The summed E-state index contributed by atoms with van der Waals surface area (Å²) in [5, 5.41) is 22.8. The van der Waals surface area contributed by atoms with Crippen molar-refractivity contribution in [3.63, 3.8) is 0 Å². The third-order valence-electron chi connectivity index (χ3n) is 2.37. The zero-order chi connectivity index (χ0) is 14.4. The smallest absolute Gasteiger partial charge is 0.288 e. The Morgan fingerprint density at radius 1 is 1.68 bits per heavy atom. The first-order chi connectivity index (χ1) is 8.95. The molecule has 7 nitrogen and oxygen atoms in total. The molecule has 104 valence electrons. The van der Waals surface area contributed by atoms with Gasteiger partial charge >= 0.3 is 0 Å². The monoisotopic (exact) mass is 284 g/mol. The molecular formula is C11H16N4O3S. The molecule has 0 aliphatic carbocycles. The lowest BCUT2D eigenvalue weighted by molar-refractivity contribution is -0.385. The van der Waals surface area contributed by atoms with E-state index in [2.05, 4.69) is 24.0 Å². The van der Waals surface area contributed by atoms with E-state index >= 15 is 0 Å². The number of nitro groups is 1. The standard InChI is InChI=1S/C11H16N4O3S/c1-7(2)3-4-19-11-9(10(12)14-16)5-8(6-13-11)15(17)18/h5-7,16H,3-4H2,1-2H3,(H2,12,14). The molecule has 0 bridgehead atoms. The minimum Gasteiger partial charge on any atom is -0.409 e. The molecular weight excluding hydrogens is 268 g/mol. The average molecular weight is 284 g/mol. The SMILES string of the molecule is CC(C)CCSc1ncc([N+](=O)[O-])cc1C(N)=NO. The van der Waals surface area contributed by atoms with E-state index in [-0.39, 0.29) is 17.1 Å². The van der Waals surface area contributed by atoms with Crippen LogP contribution in [-0.4, -0.2) is 26.7 Å². The number of hydrogen-bond acceptors (Lipinski definition) is 6. The maximum absolute atomic E-state index is 10.7. The Balaban J connectivity index is 2.99. The highest BCUT2D eigenvalue weighted by atomic mass is 32.2. The third-order valence-corrected chi connectivity index (χ3v) is 3.40. The van der Waals surface area contributed by atoms with Crippen LogP contribution in [0.3, 0.4) is 0 Å². The fraction of sp³-hybridized carbons (Fsp3) is 0.455. The highest BCUT2D eigenvalue weighted by molar-refractivity contribution is 7.99. The summed E-state index contributed by atoms with van der Waals surface area (Å²) in [6.45, 7) is 4.21. The molecule has 0 amide bonds. The summed E-state index contributed by atoms with van der Waals surface area (Å²) in [7, 11) is 0. The summed E-state index contributed by atoms with van der Waals surface area (Å²) >= 11 is 1.43. The zero-order valence-electron chi connectivity index (χ0n) is 10.7. The summed E-state index contributed by atoms with van der Waals surface area (Å²) in [4.78, 5) is 14.1. The van der Waals surface area contributed by atoms with E-state index in [0.29, 0.717) is 10.9 Å². The van der Waals surface area contributed by atoms with Gasteiger partial charge in [-0.3, -0.25) is 10.1 Å². The number of amidine groups is 1. The number of thioether (sulfide) groups is 1. The van der Waals surface area contributed by atoms with Gasteiger partial charge < -0.3 is 10.9 Å². The number of rotatable bonds is 6. The number of oxime groups is 1. The van der Waals surface area contributed by atoms with E-state index < -0.39 is 4.92 Å². The van der Waals surface area contributed by atoms with Crippen molar-refractivity contribution in [2.45, 2.75) is 25.3 Å². The molecule has 0 aliphatic heterocycles. The number of nitrogens with zero attached hydrogens (tertiary/aromatic N) is 3. The molecule has 0 aliphatic rings. The molecule has 0 aromatic carbocycles. The highest BCUT2D eigenvalue weighted by Gasteiger charge is 2.15. The minimum absolute atomic E-state index is 0.178. The van der Waals surface area contributed by atoms with Crippen LogP contribution in [-0.2, 0) is 0 Å². The van der Waals surface area contributed by atoms with Crippen molar-refractivity contribution in [2.75, 3.05) is 5.75 Å². The molecule has 1 rings (SSSR count). The second kappa shape index (κ2) is 6.93. The predicted molar refractivity (Wildman–Crippen MR) is 73.6 cm³/mol. The lowest BCUT2D eigenvalue weighted by Gasteiger charge is -2.08. The fourth-order valence-electron chi connectivity index (χ4n) is 1.28. The van der Waals surface area contributed by atoms with Gasteiger partial charge in [0.25, 0.3) is 5.69 Å². The summed E-state index contributed by atoms with van der Waals surface area (Å²) in [5.41, 5.74) is 5.62. The van der Waals surface area contributed by atoms with E-state index in [9.17, 15) is 10.1 Å². The predicted octanol–water partition coefficient (Wildman–Crippen LogP) is 2.22. The average Bonchev–Trinajstić information content (AvgIpc) is 2.37. The first-order valence-corrected chi connectivity index (χ1v) is 6.69. The van der Waals surface area contributed by atoms with Gasteiger partial charge in [-0.2, -0.15) is 0 Å². The lowest BCUT2D eigenvalue weighted by atomic mass is 10.2. The molecule has 1 heterocycles. The first kappa shape index (κ1) is 15.2. The number of pyridine rings is 1. The van der Waals surface area contributed by atoms with Gasteiger partial charge in [0.15, 0.2) is 5.84 Å². The Kier molecular flexibility index (Phi) is 5.56. The van der Waals surface area contributed by atoms with Crippen molar-refractivity contribution in [3.05, 3.63) is 27.9 Å². The number of nitrogens with two attached hydrogens (primary N) is 1. The van der Waals surface area contributed by atoms with Crippen LogP contribution in [0.5, 0.6) is 0 Å². The molecule has 0 unspecified atom stereocenters. The van der Waals surface area contributed by atoms with Crippen LogP contribution in [0.2, 0.25) is 0 Å². The van der Waals surface area contributed by atoms with E-state index in [1.54, 1.807) is 0 Å². The molecule has 1 aromatic rings. The Morgan fingerprint density at radius 2 is 2.37 bits per heavy atom. The summed E-state index contributed by atoms with van der Waals surface area (Å²) < 4.78 is 0. The quantitative estimate of drug-likeness (QED) is 0.207. The summed E-state index contributed by atoms with van der Waals surface area (Å²) in [6.07, 6.45) is 2.16. The normalized spacial score (nSPS) is 11.8. The van der Waals surface area contributed by atoms with Crippen LogP contribution in [0.15, 0.2) is 22.4 Å². The molecule has 8 heteroatoms. The van der Waals surface area contributed by atoms with E-state index in [1.165, 1.54) is 24.0 Å². The van der Waals surface area contributed by atoms with Crippen LogP contribution in [0.1, 0.15) is 25.8 Å². The minimum atomic E-state index is -0.566. The van der Waals surface area contributed by atoms with Crippen molar-refractivity contribution < 1.29 is 10.1 Å². The van der Waals surface area contributed by atoms with E-state index in [1.807, 2.05) is 0 Å². The second-order valence-electron chi connectivity index (χ2n) is 4.32. The molecule has 0 saturated heterocycles. The maximum Gasteiger partial charge on any atom is 0.288 e. The number of hydrogen-bond donors (Lipinski definition) is 2. The Bertz CT molecular complexity index is 491. The lowest BCUT2D eigenvalue weighted by Crippen LogP contribution is -2.15. The van der Waals surface area contributed by atoms with Gasteiger partial charge in [0.05, 0.1) is 10.5 Å². The topological polar surface area (TPSA) is 115 Å². The zero-order valence-corrected chi connectivity index (χ0v) is 11.6. The Morgan fingerprint density at radius 3 is 2.89 bits per heavy atom. The summed E-state index contributed by atoms with van der Waals surface area (Å²) in [5.74, 6) is 1.19. The molecule has 0 fully saturated rings. The molecule has 0 spiro atoms. The van der Waals surface area contributed by atoms with Crippen LogP contribution in [0.4, 0.5) is 5.69 Å². The van der Waals surface area contributed by atoms with Crippen LogP contribution in [0, 0.1) is 16.0 Å². The van der Waals surface area contributed by atoms with Gasteiger partial charge in [-0.1, -0.05) is 19.0 Å². The van der Waals surface area contributed by atoms with Crippen LogP contribution < -0.4 is 5.73 Å². The van der Waals surface area contributed by atoms with Crippen LogP contribution in [0.25, 0.3) is 0 Å². The molecule has 0 atom stereocenters. The molecule has 1 aromatic heterocycles. The molecule has 3 N–H and O–H groups in total. The molecule has 0 saturated carbocycles. The Hall–Kier alpha value is -1.83. The maximum atomic E-state index is 10.7. The van der Waals surface area contributed by atoms with Crippen molar-refractivity contribution in [2.24, 2.45) is 16.8 Å². The van der Waals surface area contributed by atoms with Gasteiger partial charge in [-0.05, 0) is 18.1 Å². The third kappa shape index (κ3) is 4.40. The Labute approximate surface area is 115 Å². The van der Waals surface area contributed by atoms with Gasteiger partial charge in [0.2, 0.25) is 0 Å². The first-order valence-electron chi connectivity index (χ1n) is 5.70. The van der Waals surface area contributed by atoms with Crippen molar-refractivity contribution >= 4 is 23.3 Å². The molecule has 19 heavy (non-hydrogen) atoms. The van der Waals surface area contributed by atoms with E-state index in [4.69, 9.17) is 10.9 Å². The van der Waals surface area contributed by atoms with Gasteiger partial charge in [0, 0.05) is 6.07 Å². The van der Waals surface area contributed by atoms with Crippen molar-refractivity contribution in [1.82, 2.24) is 4.98 Å².